The molecule has 0 saturated heterocycles. The van der Waals surface area contributed by atoms with E-state index in [0.717, 1.165) is 18.4 Å². The van der Waals surface area contributed by atoms with Gasteiger partial charge in [-0.1, -0.05) is 6.07 Å². The van der Waals surface area contributed by atoms with Crippen LogP contribution in [0.2, 0.25) is 0 Å². The SMILES string of the molecule is COc1ccc(CCC(C)N)cc1O. The Morgan fingerprint density at radius 3 is 2.71 bits per heavy atom. The first-order valence-corrected chi connectivity index (χ1v) is 4.75. The smallest absolute Gasteiger partial charge is 0.160 e. The maximum Gasteiger partial charge on any atom is 0.160 e. The highest BCUT2D eigenvalue weighted by Crippen LogP contribution is 2.26. The van der Waals surface area contributed by atoms with Crippen LogP contribution in [0.3, 0.4) is 0 Å². The predicted octanol–water partition coefficient (Wildman–Crippen LogP) is 1.68. The Morgan fingerprint density at radius 2 is 2.21 bits per heavy atom. The zero-order valence-corrected chi connectivity index (χ0v) is 8.66. The molecule has 0 aromatic heterocycles. The number of methoxy groups -OCH3 is 1. The van der Waals surface area contributed by atoms with Gasteiger partial charge in [-0.3, -0.25) is 0 Å². The highest BCUT2D eigenvalue weighted by Gasteiger charge is 2.03. The Bertz CT molecular complexity index is 297. The Kier molecular flexibility index (Phi) is 3.77. The first kappa shape index (κ1) is 10.9. The molecule has 14 heavy (non-hydrogen) atoms. The van der Waals surface area contributed by atoms with E-state index in [0.29, 0.717) is 5.75 Å². The lowest BCUT2D eigenvalue weighted by Crippen LogP contribution is -2.15. The molecule has 78 valence electrons. The van der Waals surface area contributed by atoms with Gasteiger partial charge in [-0.15, -0.1) is 0 Å². The Labute approximate surface area is 84.5 Å². The second kappa shape index (κ2) is 4.86. The number of ether oxygens (including phenoxy) is 1. The molecule has 1 rings (SSSR count). The van der Waals surface area contributed by atoms with Crippen molar-refractivity contribution in [2.24, 2.45) is 5.73 Å². The van der Waals surface area contributed by atoms with E-state index < -0.39 is 0 Å². The summed E-state index contributed by atoms with van der Waals surface area (Å²) in [6.45, 7) is 1.98. The van der Waals surface area contributed by atoms with Gasteiger partial charge >= 0.3 is 0 Å². The molecule has 1 aromatic rings. The van der Waals surface area contributed by atoms with E-state index in [4.69, 9.17) is 10.5 Å². The zero-order chi connectivity index (χ0) is 10.6. The molecular weight excluding hydrogens is 178 g/mol. The Morgan fingerprint density at radius 1 is 1.50 bits per heavy atom. The second-order valence-electron chi connectivity index (χ2n) is 3.52. The molecular formula is C11H17NO2. The lowest BCUT2D eigenvalue weighted by molar-refractivity contribution is 0.373. The normalized spacial score (nSPS) is 12.5. The van der Waals surface area contributed by atoms with Crippen molar-refractivity contribution in [3.8, 4) is 11.5 Å². The van der Waals surface area contributed by atoms with Crippen molar-refractivity contribution in [1.82, 2.24) is 0 Å². The summed E-state index contributed by atoms with van der Waals surface area (Å²) < 4.78 is 4.95. The molecule has 0 saturated carbocycles. The minimum Gasteiger partial charge on any atom is -0.504 e. The molecule has 0 bridgehead atoms. The summed E-state index contributed by atoms with van der Waals surface area (Å²) in [6.07, 6.45) is 1.81. The molecule has 1 aromatic carbocycles. The van der Waals surface area contributed by atoms with Crippen molar-refractivity contribution in [3.05, 3.63) is 23.8 Å². The molecule has 0 aliphatic carbocycles. The van der Waals surface area contributed by atoms with Gasteiger partial charge in [-0.2, -0.15) is 0 Å². The van der Waals surface area contributed by atoms with Crippen LogP contribution in [0, 0.1) is 0 Å². The highest BCUT2D eigenvalue weighted by atomic mass is 16.5. The fraction of sp³-hybridized carbons (Fsp3) is 0.455. The van der Waals surface area contributed by atoms with Gasteiger partial charge in [0, 0.05) is 6.04 Å². The fourth-order valence-electron chi connectivity index (χ4n) is 1.29. The molecule has 0 heterocycles. The standard InChI is InChI=1S/C11H17NO2/c1-8(12)3-4-9-5-6-11(14-2)10(13)7-9/h5-8,13H,3-4,12H2,1-2H3. The summed E-state index contributed by atoms with van der Waals surface area (Å²) in [7, 11) is 1.54. The summed E-state index contributed by atoms with van der Waals surface area (Å²) in [5, 5.41) is 9.50. The van der Waals surface area contributed by atoms with Gasteiger partial charge in [0.2, 0.25) is 0 Å². The summed E-state index contributed by atoms with van der Waals surface area (Å²) in [6, 6.07) is 5.63. The van der Waals surface area contributed by atoms with Crippen molar-refractivity contribution in [3.63, 3.8) is 0 Å². The van der Waals surface area contributed by atoms with E-state index in [-0.39, 0.29) is 11.8 Å². The number of phenolic OH excluding ortho intramolecular Hbond substituents is 1. The number of phenols is 1. The number of nitrogens with two attached hydrogens (primary N) is 1. The van der Waals surface area contributed by atoms with E-state index in [1.54, 1.807) is 12.1 Å². The van der Waals surface area contributed by atoms with Gasteiger partial charge in [0.1, 0.15) is 0 Å². The minimum absolute atomic E-state index is 0.190. The lowest BCUT2D eigenvalue weighted by Gasteiger charge is -2.07. The van der Waals surface area contributed by atoms with E-state index in [1.165, 1.54) is 7.11 Å². The van der Waals surface area contributed by atoms with Crippen LogP contribution in [0.4, 0.5) is 0 Å². The first-order chi connectivity index (χ1) is 6.63. The minimum atomic E-state index is 0.190. The second-order valence-corrected chi connectivity index (χ2v) is 3.52. The number of benzene rings is 1. The van der Waals surface area contributed by atoms with Crippen LogP contribution >= 0.6 is 0 Å². The van der Waals surface area contributed by atoms with E-state index in [9.17, 15) is 5.11 Å². The van der Waals surface area contributed by atoms with Gasteiger partial charge in [0.15, 0.2) is 11.5 Å². The monoisotopic (exact) mass is 195 g/mol. The number of rotatable bonds is 4. The molecule has 0 fully saturated rings. The van der Waals surface area contributed by atoms with Gasteiger partial charge in [0.25, 0.3) is 0 Å². The van der Waals surface area contributed by atoms with Crippen molar-refractivity contribution >= 4 is 0 Å². The van der Waals surface area contributed by atoms with Crippen molar-refractivity contribution < 1.29 is 9.84 Å². The van der Waals surface area contributed by atoms with Crippen molar-refractivity contribution in [2.75, 3.05) is 7.11 Å². The van der Waals surface area contributed by atoms with Crippen molar-refractivity contribution in [1.29, 1.82) is 0 Å². The van der Waals surface area contributed by atoms with Gasteiger partial charge < -0.3 is 15.6 Å². The highest BCUT2D eigenvalue weighted by molar-refractivity contribution is 5.41. The lowest BCUT2D eigenvalue weighted by atomic mass is 10.1. The first-order valence-electron chi connectivity index (χ1n) is 4.75. The summed E-state index contributed by atoms with van der Waals surface area (Å²) in [4.78, 5) is 0. The van der Waals surface area contributed by atoms with Crippen LogP contribution in [0.15, 0.2) is 18.2 Å². The fourth-order valence-corrected chi connectivity index (χ4v) is 1.29. The van der Waals surface area contributed by atoms with E-state index in [1.807, 2.05) is 13.0 Å². The summed E-state index contributed by atoms with van der Waals surface area (Å²) in [5.41, 5.74) is 6.73. The van der Waals surface area contributed by atoms with E-state index in [2.05, 4.69) is 0 Å². The third-order valence-electron chi connectivity index (χ3n) is 2.13. The van der Waals surface area contributed by atoms with Crippen LogP contribution in [-0.2, 0) is 6.42 Å². The molecule has 3 heteroatoms. The largest absolute Gasteiger partial charge is 0.504 e. The van der Waals surface area contributed by atoms with Crippen LogP contribution < -0.4 is 10.5 Å². The number of hydrogen-bond donors (Lipinski definition) is 2. The van der Waals surface area contributed by atoms with Crippen molar-refractivity contribution in [2.45, 2.75) is 25.8 Å². The van der Waals surface area contributed by atoms with Crippen LogP contribution in [0.5, 0.6) is 11.5 Å². The summed E-state index contributed by atoms with van der Waals surface area (Å²) in [5.74, 6) is 0.698. The van der Waals surface area contributed by atoms with Gasteiger partial charge in [0.05, 0.1) is 7.11 Å². The van der Waals surface area contributed by atoms with Gasteiger partial charge in [-0.05, 0) is 37.5 Å². The molecule has 0 aliphatic rings. The number of aryl methyl sites for hydroxylation is 1. The molecule has 3 nitrogen and oxygen atoms in total. The maximum absolute atomic E-state index is 9.50. The molecule has 1 atom stereocenters. The maximum atomic E-state index is 9.50. The average molecular weight is 195 g/mol. The zero-order valence-electron chi connectivity index (χ0n) is 8.66. The Hall–Kier alpha value is -1.22. The van der Waals surface area contributed by atoms with Crippen LogP contribution in [0.1, 0.15) is 18.9 Å². The van der Waals surface area contributed by atoms with Crippen LogP contribution in [-0.4, -0.2) is 18.3 Å². The van der Waals surface area contributed by atoms with Crippen LogP contribution in [0.25, 0.3) is 0 Å². The molecule has 3 N–H and O–H groups in total. The third kappa shape index (κ3) is 2.92. The number of aromatic hydroxyl groups is 1. The predicted molar refractivity (Wildman–Crippen MR) is 56.6 cm³/mol. The summed E-state index contributed by atoms with van der Waals surface area (Å²) >= 11 is 0. The molecule has 1 unspecified atom stereocenters. The Balaban J connectivity index is 2.66. The molecule has 0 radical (unpaired) electrons. The topological polar surface area (TPSA) is 55.5 Å². The quantitative estimate of drug-likeness (QED) is 0.768. The third-order valence-corrected chi connectivity index (χ3v) is 2.13. The average Bonchev–Trinajstić information content (AvgIpc) is 2.15. The molecule has 0 spiro atoms. The number of hydrogen-bond acceptors (Lipinski definition) is 3. The van der Waals surface area contributed by atoms with E-state index >= 15 is 0 Å². The molecule has 0 amide bonds. The molecule has 0 aliphatic heterocycles. The van der Waals surface area contributed by atoms with Gasteiger partial charge in [-0.25, -0.2) is 0 Å².